The number of unbranched alkanes of at least 4 members (excludes halogenated alkanes) is 32. The molecule has 0 saturated carbocycles. The first-order valence-corrected chi connectivity index (χ1v) is 34.8. The van der Waals surface area contributed by atoms with E-state index >= 15 is 0 Å². The number of carbonyl (C=O) groups is 4. The van der Waals surface area contributed by atoms with Gasteiger partial charge in [0.2, 0.25) is 0 Å². The average Bonchev–Trinajstić information content (AvgIpc) is 3.45. The number of rotatable bonds is 60. The number of carboxylic acid groups (broad SMARTS) is 4. The SMILES string of the molecule is CCCCCC[C@@H](O)C/C=C\CCCCCCCC(=O)[O-].CCCCCC[C@@H](O)C/C=C\CCCCCCCC(=O)[O-].CCCCCC[C@@H](O)C/C=C\CCCCCCCC(=O)[O-].CCCCCC[C@@H](O)C/C=C\CCCCCCCC(=O)[O-].[Zr+4]. The van der Waals surface area contributed by atoms with E-state index in [1.807, 2.05) is 0 Å². The van der Waals surface area contributed by atoms with E-state index in [0.29, 0.717) is 0 Å². The van der Waals surface area contributed by atoms with Crippen LogP contribution in [0.15, 0.2) is 48.6 Å². The molecule has 0 rings (SSSR count). The Morgan fingerprint density at radius 1 is 0.259 bits per heavy atom. The Kier molecular flexibility index (Phi) is 85.5. The van der Waals surface area contributed by atoms with Crippen LogP contribution < -0.4 is 20.4 Å². The van der Waals surface area contributed by atoms with Gasteiger partial charge in [0.25, 0.3) is 0 Å². The van der Waals surface area contributed by atoms with E-state index in [-0.39, 0.29) is 76.3 Å². The summed E-state index contributed by atoms with van der Waals surface area (Å²) in [7, 11) is 0. The Morgan fingerprint density at radius 3 is 0.600 bits per heavy atom. The van der Waals surface area contributed by atoms with Crippen molar-refractivity contribution in [2.45, 2.75) is 386 Å². The first-order valence-electron chi connectivity index (χ1n) is 34.8. The molecule has 0 aliphatic carbocycles. The molecule has 4 N–H and O–H groups in total. The third kappa shape index (κ3) is 95.4. The second-order valence-electron chi connectivity index (χ2n) is 23.6. The Morgan fingerprint density at radius 2 is 0.424 bits per heavy atom. The molecule has 0 amide bonds. The molecule has 0 aromatic heterocycles. The maximum atomic E-state index is 10.2. The molecule has 0 bridgehead atoms. The van der Waals surface area contributed by atoms with Crippen LogP contribution in [0.25, 0.3) is 0 Å². The smallest absolute Gasteiger partial charge is 0.550 e. The van der Waals surface area contributed by atoms with Gasteiger partial charge in [0.1, 0.15) is 0 Å². The summed E-state index contributed by atoms with van der Waals surface area (Å²) in [6.07, 6.45) is 68.1. The third-order valence-electron chi connectivity index (χ3n) is 14.9. The molecule has 12 nitrogen and oxygen atoms in total. The first kappa shape index (κ1) is 91.3. The van der Waals surface area contributed by atoms with E-state index in [4.69, 9.17) is 0 Å². The molecule has 496 valence electrons. The zero-order chi connectivity index (χ0) is 63.0. The average molecular weight is 1280 g/mol. The predicted octanol–water partition coefficient (Wildman–Crippen LogP) is 15.0. The van der Waals surface area contributed by atoms with E-state index in [1.54, 1.807) is 0 Å². The maximum absolute atomic E-state index is 10.2. The van der Waals surface area contributed by atoms with Crippen molar-refractivity contribution in [3.8, 4) is 0 Å². The van der Waals surface area contributed by atoms with Gasteiger partial charge in [-0.15, -0.1) is 0 Å². The van der Waals surface area contributed by atoms with Gasteiger partial charge in [-0.3, -0.25) is 0 Å². The van der Waals surface area contributed by atoms with E-state index in [0.717, 1.165) is 231 Å². The number of carboxylic acids is 4. The normalized spacial score (nSPS) is 12.7. The van der Waals surface area contributed by atoms with Crippen molar-refractivity contribution in [3.63, 3.8) is 0 Å². The minimum Gasteiger partial charge on any atom is -0.550 e. The molecule has 13 heteroatoms. The third-order valence-corrected chi connectivity index (χ3v) is 14.9. The summed E-state index contributed by atoms with van der Waals surface area (Å²) in [6, 6.07) is 0. The largest absolute Gasteiger partial charge is 4.00 e. The molecule has 4 atom stereocenters. The number of aliphatic carboxylic acids is 4. The number of allylic oxidation sites excluding steroid dienone is 4. The van der Waals surface area contributed by atoms with Gasteiger partial charge in [-0.2, -0.15) is 0 Å². The van der Waals surface area contributed by atoms with E-state index in [2.05, 4.69) is 76.3 Å². The van der Waals surface area contributed by atoms with Gasteiger partial charge < -0.3 is 60.0 Å². The number of carbonyl (C=O) groups excluding carboxylic acids is 4. The predicted molar refractivity (Wildman–Crippen MR) is 343 cm³/mol. The number of hydrogen-bond donors (Lipinski definition) is 4. The molecule has 0 saturated heterocycles. The minimum absolute atomic E-state index is 0. The quantitative estimate of drug-likeness (QED) is 0.0328. The van der Waals surface area contributed by atoms with Gasteiger partial charge in [-0.1, -0.05) is 256 Å². The Labute approximate surface area is 541 Å². The van der Waals surface area contributed by atoms with Crippen LogP contribution in [0.3, 0.4) is 0 Å². The molecule has 0 spiro atoms. The fourth-order valence-electron chi connectivity index (χ4n) is 9.43. The maximum Gasteiger partial charge on any atom is 4.00 e. The second kappa shape index (κ2) is 79.6. The van der Waals surface area contributed by atoms with Crippen LogP contribution in [0, 0.1) is 0 Å². The molecule has 0 aromatic carbocycles. The number of hydrogen-bond acceptors (Lipinski definition) is 12. The fourth-order valence-corrected chi connectivity index (χ4v) is 9.43. The van der Waals surface area contributed by atoms with Crippen molar-refractivity contribution >= 4 is 23.9 Å². The van der Waals surface area contributed by atoms with Gasteiger partial charge in [0, 0.05) is 23.9 Å². The summed E-state index contributed by atoms with van der Waals surface area (Å²) in [6.45, 7) is 8.79. The van der Waals surface area contributed by atoms with Crippen LogP contribution >= 0.6 is 0 Å². The van der Waals surface area contributed by atoms with Gasteiger partial charge in [0.05, 0.1) is 24.4 Å². The molecule has 0 aromatic rings. The number of aliphatic hydroxyl groups excluding tert-OH is 4. The van der Waals surface area contributed by atoms with Crippen LogP contribution in [0.2, 0.25) is 0 Å². The monoisotopic (exact) mass is 1280 g/mol. The van der Waals surface area contributed by atoms with Crippen molar-refractivity contribution < 1.29 is 86.2 Å². The van der Waals surface area contributed by atoms with Crippen molar-refractivity contribution in [2.75, 3.05) is 0 Å². The molecule has 0 aliphatic rings. The first-order chi connectivity index (χ1) is 40.7. The van der Waals surface area contributed by atoms with Crippen LogP contribution in [0.5, 0.6) is 0 Å². The van der Waals surface area contributed by atoms with Crippen LogP contribution in [0.4, 0.5) is 0 Å². The molecule has 0 radical (unpaired) electrons. The zero-order valence-corrected chi connectivity index (χ0v) is 57.7. The molecular weight excluding hydrogens is 1150 g/mol. The van der Waals surface area contributed by atoms with Gasteiger partial charge in [0.15, 0.2) is 0 Å². The zero-order valence-electron chi connectivity index (χ0n) is 55.3. The molecule has 0 heterocycles. The van der Waals surface area contributed by atoms with Crippen LogP contribution in [0.1, 0.15) is 362 Å². The van der Waals surface area contributed by atoms with E-state index in [1.165, 1.54) is 77.0 Å². The molecule has 0 aliphatic heterocycles. The molecular formula is C72H132O12Zr. The van der Waals surface area contributed by atoms with Crippen molar-refractivity contribution in [1.82, 2.24) is 0 Å². The summed E-state index contributed by atoms with van der Waals surface area (Å²) in [4.78, 5) is 40.9. The standard InChI is InChI=1S/4C18H34O3.Zr/c4*1-2-3-4-11-14-17(19)15-12-9-7-5-6-8-10-13-16-18(20)21;/h4*9,12,17,19H,2-8,10-11,13-16H2,1H3,(H,20,21);/q;;;;+4/p-4/b4*12-9-;/t4*17-;/m1111./s1. The van der Waals surface area contributed by atoms with E-state index < -0.39 is 23.9 Å². The van der Waals surface area contributed by atoms with Crippen molar-refractivity contribution in [1.29, 1.82) is 0 Å². The summed E-state index contributed by atoms with van der Waals surface area (Å²) >= 11 is 0. The topological polar surface area (TPSA) is 241 Å². The molecule has 85 heavy (non-hydrogen) atoms. The van der Waals surface area contributed by atoms with Crippen LogP contribution in [-0.4, -0.2) is 68.7 Å². The molecule has 0 unspecified atom stereocenters. The summed E-state index contributed by atoms with van der Waals surface area (Å²) in [5, 5.41) is 80.0. The Hall–Kier alpha value is -2.44. The molecule has 0 fully saturated rings. The van der Waals surface area contributed by atoms with Crippen LogP contribution in [-0.2, 0) is 45.4 Å². The van der Waals surface area contributed by atoms with Gasteiger partial charge in [-0.05, 0) is 154 Å². The summed E-state index contributed by atoms with van der Waals surface area (Å²) in [5.41, 5.74) is 0. The fraction of sp³-hybridized carbons (Fsp3) is 0.833. The van der Waals surface area contributed by atoms with Crippen molar-refractivity contribution in [3.05, 3.63) is 48.6 Å². The van der Waals surface area contributed by atoms with Gasteiger partial charge in [-0.25, -0.2) is 0 Å². The Balaban J connectivity index is -0.000000333. The van der Waals surface area contributed by atoms with Crippen molar-refractivity contribution in [2.24, 2.45) is 0 Å². The number of aliphatic hydroxyl groups is 4. The van der Waals surface area contributed by atoms with E-state index in [9.17, 15) is 60.0 Å². The summed E-state index contributed by atoms with van der Waals surface area (Å²) < 4.78 is 0. The van der Waals surface area contributed by atoms with Gasteiger partial charge >= 0.3 is 26.2 Å². The second-order valence-corrected chi connectivity index (χ2v) is 23.6. The Bertz CT molecular complexity index is 1270. The summed E-state index contributed by atoms with van der Waals surface area (Å²) in [5.74, 6) is -3.75. The minimum atomic E-state index is -0.939.